The lowest BCUT2D eigenvalue weighted by atomic mass is 10.0. The first-order valence-electron chi connectivity index (χ1n) is 9.92. The Balaban J connectivity index is 1.54. The maximum Gasteiger partial charge on any atom is 0.263 e. The summed E-state index contributed by atoms with van der Waals surface area (Å²) < 4.78 is 7.09. The van der Waals surface area contributed by atoms with Crippen LogP contribution in [0.25, 0.3) is 16.7 Å². The molecule has 7 nitrogen and oxygen atoms in total. The van der Waals surface area contributed by atoms with Crippen molar-refractivity contribution >= 4 is 22.6 Å². The summed E-state index contributed by atoms with van der Waals surface area (Å²) in [7, 11) is 0. The summed E-state index contributed by atoms with van der Waals surface area (Å²) >= 11 is 0. The quantitative estimate of drug-likeness (QED) is 0.507. The molecule has 0 bridgehead atoms. The number of ether oxygens (including phenoxy) is 1. The molecule has 4 rings (SSSR count). The first kappa shape index (κ1) is 20.1. The number of rotatable bonds is 6. The summed E-state index contributed by atoms with van der Waals surface area (Å²) in [6, 6.07) is 21.1. The van der Waals surface area contributed by atoms with Gasteiger partial charge in [0.05, 0.1) is 11.7 Å². The predicted molar refractivity (Wildman–Crippen MR) is 118 cm³/mol. The van der Waals surface area contributed by atoms with Crippen molar-refractivity contribution in [1.29, 1.82) is 5.26 Å². The number of benzene rings is 2. The van der Waals surface area contributed by atoms with Crippen LogP contribution in [0.5, 0.6) is 5.75 Å². The molecule has 4 aromatic rings. The number of hydrogen-bond donors (Lipinski definition) is 1. The van der Waals surface area contributed by atoms with Crippen molar-refractivity contribution in [3.8, 4) is 17.6 Å². The molecule has 7 heteroatoms. The summed E-state index contributed by atoms with van der Waals surface area (Å²) in [5.41, 5.74) is 2.16. The van der Waals surface area contributed by atoms with E-state index in [-0.39, 0.29) is 18.0 Å². The van der Waals surface area contributed by atoms with E-state index >= 15 is 0 Å². The van der Waals surface area contributed by atoms with Crippen molar-refractivity contribution in [2.75, 3.05) is 11.9 Å². The van der Waals surface area contributed by atoms with Gasteiger partial charge in [0, 0.05) is 5.39 Å². The fourth-order valence-corrected chi connectivity index (χ4v) is 3.18. The molecule has 0 aliphatic heterocycles. The van der Waals surface area contributed by atoms with Crippen LogP contribution in [0.4, 0.5) is 5.82 Å². The number of aromatic nitrogens is 3. The number of pyridine rings is 1. The topological polar surface area (TPSA) is 92.8 Å². The molecule has 2 heterocycles. The largest absolute Gasteiger partial charge is 0.484 e. The standard InChI is InChI=1S/C24H21N5O2/c1-16(2)18-7-5-8-20(12-18)31-15-23(30)28-24-19(13-25)14-26-29(24)22-11-10-17-6-3-4-9-21(17)27-22/h3-12,14,16H,15H2,1-2H3,(H,28,30). The number of fused-ring (bicyclic) bond motifs is 1. The van der Waals surface area contributed by atoms with Crippen molar-refractivity contribution in [3.05, 3.63) is 78.0 Å². The summed E-state index contributed by atoms with van der Waals surface area (Å²) in [6.07, 6.45) is 1.40. The highest BCUT2D eigenvalue weighted by atomic mass is 16.5. The summed E-state index contributed by atoms with van der Waals surface area (Å²) in [6.45, 7) is 4.00. The Morgan fingerprint density at radius 1 is 1.16 bits per heavy atom. The zero-order chi connectivity index (χ0) is 21.8. The average Bonchev–Trinajstić information content (AvgIpc) is 3.20. The van der Waals surface area contributed by atoms with Crippen LogP contribution in [0.2, 0.25) is 0 Å². The number of anilines is 1. The number of amides is 1. The van der Waals surface area contributed by atoms with E-state index in [2.05, 4.69) is 35.3 Å². The van der Waals surface area contributed by atoms with Crippen LogP contribution in [0.3, 0.4) is 0 Å². The van der Waals surface area contributed by atoms with E-state index in [0.29, 0.717) is 17.5 Å². The maximum absolute atomic E-state index is 12.6. The molecule has 1 amide bonds. The molecule has 2 aromatic carbocycles. The third kappa shape index (κ3) is 4.38. The number of carbonyl (C=O) groups is 1. The third-order valence-corrected chi connectivity index (χ3v) is 4.84. The van der Waals surface area contributed by atoms with Gasteiger partial charge in [0.2, 0.25) is 0 Å². The number of nitriles is 1. The molecule has 0 atom stereocenters. The van der Waals surface area contributed by atoms with Crippen molar-refractivity contribution in [2.24, 2.45) is 0 Å². The lowest BCUT2D eigenvalue weighted by Crippen LogP contribution is -2.22. The van der Waals surface area contributed by atoms with Crippen LogP contribution < -0.4 is 10.1 Å². The second kappa shape index (κ2) is 8.67. The van der Waals surface area contributed by atoms with Gasteiger partial charge in [-0.1, -0.05) is 44.2 Å². The molecular weight excluding hydrogens is 390 g/mol. The molecular formula is C24H21N5O2. The second-order valence-electron chi connectivity index (χ2n) is 7.36. The number of para-hydroxylation sites is 1. The van der Waals surface area contributed by atoms with Crippen LogP contribution in [0.1, 0.15) is 30.9 Å². The number of nitrogens with one attached hydrogen (secondary N) is 1. The second-order valence-corrected chi connectivity index (χ2v) is 7.36. The minimum Gasteiger partial charge on any atom is -0.484 e. The van der Waals surface area contributed by atoms with Gasteiger partial charge in [0.25, 0.3) is 5.91 Å². The highest BCUT2D eigenvalue weighted by molar-refractivity contribution is 5.92. The molecule has 0 aliphatic rings. The number of hydrogen-bond acceptors (Lipinski definition) is 5. The van der Waals surface area contributed by atoms with E-state index in [1.165, 1.54) is 10.9 Å². The first-order chi connectivity index (χ1) is 15.0. The monoisotopic (exact) mass is 411 g/mol. The van der Waals surface area contributed by atoms with Gasteiger partial charge in [0.1, 0.15) is 17.4 Å². The van der Waals surface area contributed by atoms with Gasteiger partial charge in [-0.3, -0.25) is 4.79 Å². The molecule has 0 fully saturated rings. The van der Waals surface area contributed by atoms with Crippen LogP contribution in [-0.2, 0) is 4.79 Å². The molecule has 0 aliphatic carbocycles. The molecule has 0 saturated carbocycles. The Labute approximate surface area is 179 Å². The minimum atomic E-state index is -0.394. The Morgan fingerprint density at radius 2 is 2.00 bits per heavy atom. The molecule has 0 saturated heterocycles. The Kier molecular flexibility index (Phi) is 5.63. The molecule has 1 N–H and O–H groups in total. The van der Waals surface area contributed by atoms with E-state index in [4.69, 9.17) is 4.74 Å². The lowest BCUT2D eigenvalue weighted by molar-refractivity contribution is -0.118. The summed E-state index contributed by atoms with van der Waals surface area (Å²) in [4.78, 5) is 17.1. The third-order valence-electron chi connectivity index (χ3n) is 4.84. The molecule has 154 valence electrons. The number of nitrogens with zero attached hydrogens (tertiary/aromatic N) is 4. The Morgan fingerprint density at radius 3 is 2.81 bits per heavy atom. The summed E-state index contributed by atoms with van der Waals surface area (Å²) in [5.74, 6) is 1.34. The van der Waals surface area contributed by atoms with Gasteiger partial charge in [-0.15, -0.1) is 0 Å². The van der Waals surface area contributed by atoms with Crippen molar-refractivity contribution < 1.29 is 9.53 Å². The minimum absolute atomic E-state index is 0.192. The predicted octanol–water partition coefficient (Wildman–Crippen LogP) is 4.43. The first-order valence-corrected chi connectivity index (χ1v) is 9.92. The van der Waals surface area contributed by atoms with Crippen molar-refractivity contribution in [1.82, 2.24) is 14.8 Å². The molecule has 0 radical (unpaired) electrons. The highest BCUT2D eigenvalue weighted by Crippen LogP contribution is 2.22. The molecule has 0 unspecified atom stereocenters. The van der Waals surface area contributed by atoms with E-state index in [9.17, 15) is 10.1 Å². The van der Waals surface area contributed by atoms with Gasteiger partial charge in [-0.25, -0.2) is 4.98 Å². The van der Waals surface area contributed by atoms with E-state index < -0.39 is 5.91 Å². The summed E-state index contributed by atoms with van der Waals surface area (Å²) in [5, 5.41) is 17.4. The van der Waals surface area contributed by atoms with Crippen molar-refractivity contribution in [2.45, 2.75) is 19.8 Å². The smallest absolute Gasteiger partial charge is 0.263 e. The van der Waals surface area contributed by atoms with Crippen LogP contribution in [-0.4, -0.2) is 27.3 Å². The maximum atomic E-state index is 12.6. The lowest BCUT2D eigenvalue weighted by Gasteiger charge is -2.12. The average molecular weight is 411 g/mol. The number of carbonyl (C=O) groups excluding carboxylic acids is 1. The Hall–Kier alpha value is -4.18. The molecule has 0 spiro atoms. The van der Waals surface area contributed by atoms with Crippen LogP contribution >= 0.6 is 0 Å². The SMILES string of the molecule is CC(C)c1cccc(OCC(=O)Nc2c(C#N)cnn2-c2ccc3ccccc3n2)c1. The van der Waals surface area contributed by atoms with Gasteiger partial charge >= 0.3 is 0 Å². The normalized spacial score (nSPS) is 10.8. The fourth-order valence-electron chi connectivity index (χ4n) is 3.18. The zero-order valence-corrected chi connectivity index (χ0v) is 17.2. The Bertz CT molecular complexity index is 1290. The van der Waals surface area contributed by atoms with Crippen molar-refractivity contribution in [3.63, 3.8) is 0 Å². The molecule has 2 aromatic heterocycles. The van der Waals surface area contributed by atoms with Gasteiger partial charge in [0.15, 0.2) is 18.2 Å². The van der Waals surface area contributed by atoms with E-state index in [1.54, 1.807) is 6.07 Å². The van der Waals surface area contributed by atoms with Crippen LogP contribution in [0, 0.1) is 11.3 Å². The van der Waals surface area contributed by atoms with E-state index in [0.717, 1.165) is 16.5 Å². The van der Waals surface area contributed by atoms with Gasteiger partial charge < -0.3 is 10.1 Å². The highest BCUT2D eigenvalue weighted by Gasteiger charge is 2.16. The van der Waals surface area contributed by atoms with Crippen LogP contribution in [0.15, 0.2) is 66.9 Å². The fraction of sp³-hybridized carbons (Fsp3) is 0.167. The van der Waals surface area contributed by atoms with E-state index in [1.807, 2.05) is 54.6 Å². The van der Waals surface area contributed by atoms with Gasteiger partial charge in [-0.05, 0) is 41.8 Å². The molecule has 31 heavy (non-hydrogen) atoms. The van der Waals surface area contributed by atoms with Gasteiger partial charge in [-0.2, -0.15) is 15.0 Å². The zero-order valence-electron chi connectivity index (χ0n) is 17.2.